The first-order valence-corrected chi connectivity index (χ1v) is 5.26. The minimum atomic E-state index is -1.52. The molecule has 0 aromatic carbocycles. The molecule has 1 aliphatic heterocycles. The van der Waals surface area contributed by atoms with Gasteiger partial charge >= 0.3 is 0 Å². The standard InChI is InChI=1S/C9H17NO7/c1-2-5(12)10-17-9-8(15)7(14)6(13)4(3-11)16-9/h4,6-9,11,13-15H,2-3H2,1H3,(H,10,12). The second-order valence-corrected chi connectivity index (χ2v) is 3.69. The molecule has 0 bridgehead atoms. The molecule has 1 amide bonds. The van der Waals surface area contributed by atoms with Crippen molar-refractivity contribution in [1.29, 1.82) is 0 Å². The summed E-state index contributed by atoms with van der Waals surface area (Å²) in [5.41, 5.74) is 2.01. The summed E-state index contributed by atoms with van der Waals surface area (Å²) in [6, 6.07) is 0. The number of rotatable bonds is 4. The van der Waals surface area contributed by atoms with Crippen LogP contribution in [0.25, 0.3) is 0 Å². The van der Waals surface area contributed by atoms with Crippen LogP contribution in [-0.2, 0) is 14.4 Å². The summed E-state index contributed by atoms with van der Waals surface area (Å²) < 4.78 is 4.98. The Balaban J connectivity index is 2.56. The van der Waals surface area contributed by atoms with Crippen LogP contribution in [0.15, 0.2) is 0 Å². The topological polar surface area (TPSA) is 128 Å². The summed E-state index contributed by atoms with van der Waals surface area (Å²) >= 11 is 0. The number of hydrogen-bond donors (Lipinski definition) is 5. The van der Waals surface area contributed by atoms with Crippen molar-refractivity contribution < 1.29 is 34.8 Å². The van der Waals surface area contributed by atoms with Crippen LogP contribution in [0, 0.1) is 0 Å². The molecular formula is C9H17NO7. The summed E-state index contributed by atoms with van der Waals surface area (Å²) in [6.07, 6.45) is -6.72. The van der Waals surface area contributed by atoms with E-state index >= 15 is 0 Å². The molecule has 1 heterocycles. The van der Waals surface area contributed by atoms with E-state index in [1.807, 2.05) is 5.48 Å². The van der Waals surface area contributed by atoms with Crippen LogP contribution in [-0.4, -0.2) is 63.6 Å². The molecule has 0 radical (unpaired) electrons. The molecule has 0 saturated carbocycles. The number of ether oxygens (including phenoxy) is 1. The van der Waals surface area contributed by atoms with Crippen molar-refractivity contribution in [2.75, 3.05) is 6.61 Å². The van der Waals surface area contributed by atoms with Gasteiger partial charge in [0.05, 0.1) is 6.61 Å². The maximum absolute atomic E-state index is 10.9. The summed E-state index contributed by atoms with van der Waals surface area (Å²) in [4.78, 5) is 15.7. The Hall–Kier alpha value is -0.770. The third kappa shape index (κ3) is 3.35. The highest BCUT2D eigenvalue weighted by Crippen LogP contribution is 2.21. The lowest BCUT2D eigenvalue weighted by molar-refractivity contribution is -0.313. The van der Waals surface area contributed by atoms with Crippen molar-refractivity contribution in [3.63, 3.8) is 0 Å². The van der Waals surface area contributed by atoms with Gasteiger partial charge in [-0.3, -0.25) is 4.79 Å². The zero-order chi connectivity index (χ0) is 13.0. The molecule has 0 spiro atoms. The quantitative estimate of drug-likeness (QED) is 0.342. The molecular weight excluding hydrogens is 234 g/mol. The van der Waals surface area contributed by atoms with Gasteiger partial charge in [-0.25, -0.2) is 10.3 Å². The van der Waals surface area contributed by atoms with Gasteiger partial charge in [-0.2, -0.15) is 0 Å². The molecule has 5 N–H and O–H groups in total. The Labute approximate surface area is 97.7 Å². The van der Waals surface area contributed by atoms with E-state index in [9.17, 15) is 20.1 Å². The summed E-state index contributed by atoms with van der Waals surface area (Å²) in [7, 11) is 0. The van der Waals surface area contributed by atoms with Gasteiger partial charge in [0.2, 0.25) is 12.2 Å². The number of carbonyl (C=O) groups excluding carboxylic acids is 1. The van der Waals surface area contributed by atoms with Crippen molar-refractivity contribution in [2.24, 2.45) is 0 Å². The fraction of sp³-hybridized carbons (Fsp3) is 0.889. The molecule has 1 saturated heterocycles. The zero-order valence-electron chi connectivity index (χ0n) is 9.31. The van der Waals surface area contributed by atoms with Crippen LogP contribution in [0.1, 0.15) is 13.3 Å². The van der Waals surface area contributed by atoms with E-state index in [-0.39, 0.29) is 6.42 Å². The van der Waals surface area contributed by atoms with Gasteiger partial charge in [0.25, 0.3) is 0 Å². The first-order chi connectivity index (χ1) is 8.01. The molecule has 0 aromatic rings. The summed E-state index contributed by atoms with van der Waals surface area (Å²) in [5, 5.41) is 37.3. The highest BCUT2D eigenvalue weighted by molar-refractivity contribution is 5.74. The van der Waals surface area contributed by atoms with Crippen molar-refractivity contribution in [3.05, 3.63) is 0 Å². The van der Waals surface area contributed by atoms with Crippen molar-refractivity contribution in [2.45, 2.75) is 44.1 Å². The Bertz CT molecular complexity index is 260. The van der Waals surface area contributed by atoms with Gasteiger partial charge in [-0.05, 0) is 0 Å². The zero-order valence-corrected chi connectivity index (χ0v) is 9.31. The van der Waals surface area contributed by atoms with E-state index in [1.165, 1.54) is 0 Å². The van der Waals surface area contributed by atoms with Crippen molar-refractivity contribution in [3.8, 4) is 0 Å². The van der Waals surface area contributed by atoms with E-state index in [1.54, 1.807) is 6.92 Å². The number of carbonyl (C=O) groups is 1. The van der Waals surface area contributed by atoms with E-state index in [4.69, 9.17) is 14.7 Å². The van der Waals surface area contributed by atoms with Crippen molar-refractivity contribution >= 4 is 5.91 Å². The van der Waals surface area contributed by atoms with Gasteiger partial charge < -0.3 is 25.2 Å². The molecule has 5 atom stereocenters. The maximum atomic E-state index is 10.9. The van der Waals surface area contributed by atoms with Crippen LogP contribution in [0.5, 0.6) is 0 Å². The van der Waals surface area contributed by atoms with Crippen LogP contribution in [0.4, 0.5) is 0 Å². The summed E-state index contributed by atoms with van der Waals surface area (Å²) in [5.74, 6) is -0.429. The largest absolute Gasteiger partial charge is 0.394 e. The Kier molecular flexibility index (Phi) is 5.25. The second-order valence-electron chi connectivity index (χ2n) is 3.69. The number of nitrogens with one attached hydrogen (secondary N) is 1. The molecule has 17 heavy (non-hydrogen) atoms. The second kappa shape index (κ2) is 6.24. The predicted molar refractivity (Wildman–Crippen MR) is 53.3 cm³/mol. The van der Waals surface area contributed by atoms with Gasteiger partial charge in [0.15, 0.2) is 0 Å². The molecule has 1 fully saturated rings. The number of hydroxylamine groups is 1. The predicted octanol–water partition coefficient (Wildman–Crippen LogP) is -2.76. The highest BCUT2D eigenvalue weighted by Gasteiger charge is 2.44. The van der Waals surface area contributed by atoms with Crippen LogP contribution in [0.2, 0.25) is 0 Å². The number of hydrogen-bond acceptors (Lipinski definition) is 7. The smallest absolute Gasteiger partial charge is 0.243 e. The van der Waals surface area contributed by atoms with E-state index in [2.05, 4.69) is 0 Å². The number of aliphatic hydroxyl groups is 4. The minimum Gasteiger partial charge on any atom is -0.394 e. The van der Waals surface area contributed by atoms with Gasteiger partial charge in [-0.15, -0.1) is 0 Å². The van der Waals surface area contributed by atoms with E-state index < -0.39 is 43.2 Å². The average molecular weight is 251 g/mol. The maximum Gasteiger partial charge on any atom is 0.243 e. The Morgan fingerprint density at radius 2 is 1.94 bits per heavy atom. The number of aliphatic hydroxyl groups excluding tert-OH is 4. The lowest BCUT2D eigenvalue weighted by Gasteiger charge is -2.39. The van der Waals surface area contributed by atoms with E-state index in [0.29, 0.717) is 0 Å². The molecule has 1 aliphatic rings. The SMILES string of the molecule is CCC(=O)NOC1OC(CO)C(O)C(O)C1O. The molecule has 0 aromatic heterocycles. The number of amides is 1. The Morgan fingerprint density at radius 3 is 2.47 bits per heavy atom. The van der Waals surface area contributed by atoms with Gasteiger partial charge in [0, 0.05) is 6.42 Å². The monoisotopic (exact) mass is 251 g/mol. The lowest BCUT2D eigenvalue weighted by atomic mass is 9.99. The third-order valence-corrected chi connectivity index (χ3v) is 2.46. The molecule has 100 valence electrons. The minimum absolute atomic E-state index is 0.178. The van der Waals surface area contributed by atoms with Crippen LogP contribution < -0.4 is 5.48 Å². The van der Waals surface area contributed by atoms with Gasteiger partial charge in [-0.1, -0.05) is 6.92 Å². The highest BCUT2D eigenvalue weighted by atomic mass is 16.8. The Morgan fingerprint density at radius 1 is 1.29 bits per heavy atom. The molecule has 5 unspecified atom stereocenters. The fourth-order valence-corrected chi connectivity index (χ4v) is 1.36. The fourth-order valence-electron chi connectivity index (χ4n) is 1.36. The first kappa shape index (κ1) is 14.3. The third-order valence-electron chi connectivity index (χ3n) is 2.46. The lowest BCUT2D eigenvalue weighted by Crippen LogP contribution is -2.60. The normalized spacial score (nSPS) is 37.8. The molecule has 8 nitrogen and oxygen atoms in total. The van der Waals surface area contributed by atoms with Crippen molar-refractivity contribution in [1.82, 2.24) is 5.48 Å². The summed E-state index contributed by atoms with van der Waals surface area (Å²) in [6.45, 7) is 1.05. The average Bonchev–Trinajstić information content (AvgIpc) is 2.34. The molecule has 8 heteroatoms. The van der Waals surface area contributed by atoms with Gasteiger partial charge in [0.1, 0.15) is 24.4 Å². The van der Waals surface area contributed by atoms with Crippen LogP contribution >= 0.6 is 0 Å². The van der Waals surface area contributed by atoms with E-state index in [0.717, 1.165) is 0 Å². The first-order valence-electron chi connectivity index (χ1n) is 5.26. The molecule has 0 aliphatic carbocycles. The van der Waals surface area contributed by atoms with Crippen LogP contribution in [0.3, 0.4) is 0 Å². The molecule has 1 rings (SSSR count).